The first kappa shape index (κ1) is 64.1. The summed E-state index contributed by atoms with van der Waals surface area (Å²) in [5.41, 5.74) is 0. The van der Waals surface area contributed by atoms with Crippen LogP contribution in [0.5, 0.6) is 0 Å². The second kappa shape index (κ2) is 41.7. The van der Waals surface area contributed by atoms with E-state index in [-0.39, 0.29) is 19.3 Å². The number of unbranched alkanes of at least 4 members (excludes halogenated alkanes) is 24. The van der Waals surface area contributed by atoms with Crippen molar-refractivity contribution in [2.75, 3.05) is 6.61 Å². The molecule has 69 heavy (non-hydrogen) atoms. The molecule has 0 aromatic rings. The number of hydrogen-bond donors (Lipinski definition) is 9. The number of ether oxygens (including phenoxy) is 2. The van der Waals surface area contributed by atoms with Gasteiger partial charge in [0.25, 0.3) is 0 Å². The first-order valence-corrected chi connectivity index (χ1v) is 27.5. The molecule has 0 saturated carbocycles. The van der Waals surface area contributed by atoms with E-state index in [1.165, 1.54) is 96.3 Å². The van der Waals surface area contributed by atoms with E-state index < -0.39 is 104 Å². The zero-order chi connectivity index (χ0) is 51.1. The fraction of sp³-hybridized carbons (Fsp3) is 0.906. The standard InChI is InChI=1S/C53H99N3O13/c1-4-7-10-13-16-19-22-25-28-31-40(58)36-45(61)54-43(52(66)67)34-35-48(64)69-53-50(56-47(63)38-42(60)33-30-27-24-21-18-15-12-9-6-3)49(51(65)44(39-57)68-53)55-46(62)37-41(59)32-29-26-23-20-17-14-11-8-5-2/h40-44,49-51,53,57-60,65H,4-39H2,1-3H3,(H,54,61)(H,55,62)(H,56,63)(H,66,67)/t40-,41-,42-,43-,44-,49-,50-,51-,53-/m1/s1. The molecule has 9 atom stereocenters. The molecule has 0 radical (unpaired) electrons. The summed E-state index contributed by atoms with van der Waals surface area (Å²) in [4.78, 5) is 65.1. The van der Waals surface area contributed by atoms with Gasteiger partial charge in [-0.3, -0.25) is 19.2 Å². The van der Waals surface area contributed by atoms with Crippen LogP contribution in [-0.4, -0.2) is 122 Å². The number of hydrogen-bond acceptors (Lipinski definition) is 12. The van der Waals surface area contributed by atoms with Crippen LogP contribution in [0.15, 0.2) is 0 Å². The van der Waals surface area contributed by atoms with E-state index in [2.05, 4.69) is 36.7 Å². The molecule has 9 N–H and O–H groups in total. The Morgan fingerprint density at radius 3 is 1.22 bits per heavy atom. The summed E-state index contributed by atoms with van der Waals surface area (Å²) in [6, 6.07) is -4.31. The Morgan fingerprint density at radius 1 is 0.507 bits per heavy atom. The number of aliphatic hydroxyl groups excluding tert-OH is 5. The molecule has 1 fully saturated rings. The minimum absolute atomic E-state index is 0.301. The quantitative estimate of drug-likeness (QED) is 0.0208. The minimum Gasteiger partial charge on any atom is -0.480 e. The number of aliphatic carboxylic acids is 1. The Balaban J connectivity index is 2.94. The molecule has 1 aliphatic rings. The number of amides is 3. The van der Waals surface area contributed by atoms with Crippen LogP contribution in [-0.2, 0) is 33.4 Å². The van der Waals surface area contributed by atoms with Crippen LogP contribution < -0.4 is 16.0 Å². The van der Waals surface area contributed by atoms with E-state index in [0.717, 1.165) is 70.6 Å². The van der Waals surface area contributed by atoms with Gasteiger partial charge in [0.15, 0.2) is 0 Å². The maximum Gasteiger partial charge on any atom is 0.326 e. The van der Waals surface area contributed by atoms with Crippen molar-refractivity contribution < 1.29 is 64.1 Å². The summed E-state index contributed by atoms with van der Waals surface area (Å²) in [7, 11) is 0. The van der Waals surface area contributed by atoms with Gasteiger partial charge in [0.2, 0.25) is 24.0 Å². The van der Waals surface area contributed by atoms with Gasteiger partial charge in [-0.15, -0.1) is 0 Å². The van der Waals surface area contributed by atoms with Crippen LogP contribution in [0, 0.1) is 0 Å². The molecule has 1 saturated heterocycles. The van der Waals surface area contributed by atoms with Crippen molar-refractivity contribution in [3.63, 3.8) is 0 Å². The maximum absolute atomic E-state index is 13.5. The molecule has 1 aliphatic heterocycles. The summed E-state index contributed by atoms with van der Waals surface area (Å²) in [5, 5.41) is 71.1. The number of nitrogens with one attached hydrogen (secondary N) is 3. The molecule has 1 rings (SSSR count). The van der Waals surface area contributed by atoms with Crippen molar-refractivity contribution in [1.82, 2.24) is 16.0 Å². The highest BCUT2D eigenvalue weighted by molar-refractivity contribution is 5.84. The van der Waals surface area contributed by atoms with Gasteiger partial charge in [0.1, 0.15) is 24.3 Å². The van der Waals surface area contributed by atoms with Crippen molar-refractivity contribution in [3.05, 3.63) is 0 Å². The molecule has 404 valence electrons. The fourth-order valence-electron chi connectivity index (χ4n) is 9.01. The van der Waals surface area contributed by atoms with E-state index in [9.17, 15) is 54.6 Å². The Bertz CT molecular complexity index is 1340. The predicted octanol–water partition coefficient (Wildman–Crippen LogP) is 7.94. The molecule has 1 heterocycles. The molecule has 3 amide bonds. The molecule has 16 heteroatoms. The lowest BCUT2D eigenvalue weighted by Gasteiger charge is -2.44. The zero-order valence-electron chi connectivity index (χ0n) is 43.2. The number of rotatable bonds is 45. The second-order valence-electron chi connectivity index (χ2n) is 19.8. The summed E-state index contributed by atoms with van der Waals surface area (Å²) < 4.78 is 11.4. The van der Waals surface area contributed by atoms with Crippen LogP contribution in [0.2, 0.25) is 0 Å². The average molecular weight is 986 g/mol. The van der Waals surface area contributed by atoms with Gasteiger partial charge in [-0.2, -0.15) is 0 Å². The monoisotopic (exact) mass is 986 g/mol. The normalized spacial score (nSPS) is 19.9. The number of carboxylic acid groups (broad SMARTS) is 1. The third-order valence-corrected chi connectivity index (χ3v) is 13.3. The second-order valence-corrected chi connectivity index (χ2v) is 19.8. The molecule has 0 bridgehead atoms. The van der Waals surface area contributed by atoms with E-state index in [4.69, 9.17) is 9.47 Å². The van der Waals surface area contributed by atoms with Crippen LogP contribution in [0.4, 0.5) is 0 Å². The van der Waals surface area contributed by atoms with E-state index in [1.54, 1.807) is 0 Å². The highest BCUT2D eigenvalue weighted by Gasteiger charge is 2.48. The maximum atomic E-state index is 13.5. The number of aliphatic hydroxyl groups is 5. The van der Waals surface area contributed by atoms with Crippen LogP contribution in [0.1, 0.15) is 245 Å². The first-order valence-electron chi connectivity index (χ1n) is 27.5. The lowest BCUT2D eigenvalue weighted by molar-refractivity contribution is -0.245. The van der Waals surface area contributed by atoms with Gasteiger partial charge in [-0.25, -0.2) is 4.79 Å². The smallest absolute Gasteiger partial charge is 0.326 e. The van der Waals surface area contributed by atoms with Crippen molar-refractivity contribution >= 4 is 29.7 Å². The molecular weight excluding hydrogens is 887 g/mol. The number of carbonyl (C=O) groups excluding carboxylic acids is 4. The number of esters is 1. The summed E-state index contributed by atoms with van der Waals surface area (Å²) >= 11 is 0. The van der Waals surface area contributed by atoms with E-state index >= 15 is 0 Å². The summed E-state index contributed by atoms with van der Waals surface area (Å²) in [6.45, 7) is 5.78. The zero-order valence-corrected chi connectivity index (χ0v) is 43.2. The topological polar surface area (TPSA) is 261 Å². The highest BCUT2D eigenvalue weighted by atomic mass is 16.7. The Kier molecular flexibility index (Phi) is 38.8. The molecule has 0 aliphatic carbocycles. The Morgan fingerprint density at radius 2 is 0.855 bits per heavy atom. The van der Waals surface area contributed by atoms with Crippen LogP contribution in [0.25, 0.3) is 0 Å². The SMILES string of the molecule is CCCCCCCCCCC[C@@H](O)CC(=O)N[C@H]1[C@@H](OC(=O)CC[C@@H](NC(=O)C[C@H](O)CCCCCCCCCCC)C(=O)O)O[C@H](CO)[C@@H](O)[C@@H]1NC(=O)C[C@H](O)CCCCCCCCCCC. The van der Waals surface area contributed by atoms with Crippen molar-refractivity contribution in [2.24, 2.45) is 0 Å². The van der Waals surface area contributed by atoms with E-state index in [1.807, 2.05) is 0 Å². The lowest BCUT2D eigenvalue weighted by Crippen LogP contribution is -2.70. The van der Waals surface area contributed by atoms with Gasteiger partial charge < -0.3 is 56.1 Å². The fourth-order valence-corrected chi connectivity index (χ4v) is 9.01. The Labute approximate surface area is 415 Å². The van der Waals surface area contributed by atoms with Crippen LogP contribution >= 0.6 is 0 Å². The van der Waals surface area contributed by atoms with Crippen molar-refractivity contribution in [3.8, 4) is 0 Å². The number of carboxylic acids is 1. The molecule has 16 nitrogen and oxygen atoms in total. The highest BCUT2D eigenvalue weighted by Crippen LogP contribution is 2.25. The van der Waals surface area contributed by atoms with Gasteiger partial charge in [0, 0.05) is 6.42 Å². The molecule has 0 aromatic heterocycles. The van der Waals surface area contributed by atoms with Gasteiger partial charge >= 0.3 is 11.9 Å². The van der Waals surface area contributed by atoms with Crippen molar-refractivity contribution in [1.29, 1.82) is 0 Å². The largest absolute Gasteiger partial charge is 0.480 e. The first-order chi connectivity index (χ1) is 33.3. The molecule has 0 spiro atoms. The predicted molar refractivity (Wildman–Crippen MR) is 268 cm³/mol. The minimum atomic E-state index is -1.69. The molecule has 0 unspecified atom stereocenters. The third-order valence-electron chi connectivity index (χ3n) is 13.3. The Hall–Kier alpha value is -2.89. The lowest BCUT2D eigenvalue weighted by atomic mass is 9.93. The van der Waals surface area contributed by atoms with Gasteiger partial charge in [0.05, 0.1) is 50.2 Å². The third kappa shape index (κ3) is 32.7. The van der Waals surface area contributed by atoms with Gasteiger partial charge in [-0.05, 0) is 25.7 Å². The molecule has 0 aromatic carbocycles. The van der Waals surface area contributed by atoms with Crippen LogP contribution in [0.3, 0.4) is 0 Å². The number of carbonyl (C=O) groups is 5. The summed E-state index contributed by atoms with van der Waals surface area (Å²) in [5.74, 6) is -4.43. The van der Waals surface area contributed by atoms with Gasteiger partial charge in [-0.1, -0.05) is 194 Å². The van der Waals surface area contributed by atoms with Crippen molar-refractivity contribution in [2.45, 2.75) is 300 Å². The molecular formula is C53H99N3O13. The van der Waals surface area contributed by atoms with E-state index in [0.29, 0.717) is 25.7 Å². The average Bonchev–Trinajstić information content (AvgIpc) is 3.30. The summed E-state index contributed by atoms with van der Waals surface area (Å²) in [6.07, 6.45) is 21.2.